The van der Waals surface area contributed by atoms with E-state index in [1.165, 1.54) is 21.2 Å². The van der Waals surface area contributed by atoms with Crippen LogP contribution in [0.25, 0.3) is 10.2 Å². The fraction of sp³-hybridized carbons (Fsp3) is 0.500. The van der Waals surface area contributed by atoms with E-state index in [-0.39, 0.29) is 0 Å². The highest BCUT2D eigenvalue weighted by Gasteiger charge is 2.34. The summed E-state index contributed by atoms with van der Waals surface area (Å²) in [4.78, 5) is 17.7. The summed E-state index contributed by atoms with van der Waals surface area (Å²) < 4.78 is 28.3. The van der Waals surface area contributed by atoms with Gasteiger partial charge in [0.25, 0.3) is 5.91 Å². The Labute approximate surface area is 169 Å². The van der Waals surface area contributed by atoms with Crippen molar-refractivity contribution in [2.75, 3.05) is 12.8 Å². The molecular weight excluding hydrogens is 394 g/mol. The predicted molar refractivity (Wildman–Crippen MR) is 112 cm³/mol. The van der Waals surface area contributed by atoms with E-state index in [1.807, 2.05) is 10.6 Å². The summed E-state index contributed by atoms with van der Waals surface area (Å²) in [5.41, 5.74) is 2.14. The summed E-state index contributed by atoms with van der Waals surface area (Å²) in [5, 5.41) is 0. The molecule has 0 bridgehead atoms. The predicted octanol–water partition coefficient (Wildman–Crippen LogP) is 2.70. The molecule has 6 nitrogen and oxygen atoms in total. The first-order chi connectivity index (χ1) is 13.2. The molecule has 1 aliphatic rings. The van der Waals surface area contributed by atoms with Crippen LogP contribution in [0.15, 0.2) is 23.2 Å². The number of fused-ring (bicyclic) bond motifs is 1. The monoisotopic (exact) mass is 419 g/mol. The molecule has 150 valence electrons. The fourth-order valence-corrected chi connectivity index (χ4v) is 5.70. The Morgan fingerprint density at radius 2 is 2.14 bits per heavy atom. The van der Waals surface area contributed by atoms with E-state index in [4.69, 9.17) is 6.42 Å². The molecule has 2 aromatic rings. The number of terminal acetylenes is 1. The van der Waals surface area contributed by atoms with Gasteiger partial charge in [-0.05, 0) is 36.5 Å². The van der Waals surface area contributed by atoms with Crippen molar-refractivity contribution in [2.24, 2.45) is 4.99 Å². The van der Waals surface area contributed by atoms with Gasteiger partial charge in [0, 0.05) is 6.54 Å². The molecule has 1 fully saturated rings. The summed E-state index contributed by atoms with van der Waals surface area (Å²) in [6.45, 7) is 4.91. The standard InChI is InChI=1S/C20H25N3O3S2/c1-5-11-22-16-10-9-15(14(2)3)13-18(16)27-20(22)21-19(24)17-8-6-7-12-23(17)28(4,25)26/h1,9-10,13-14,17H,6-8,11-12H2,2-4H3. The molecule has 1 amide bonds. The number of aromatic nitrogens is 1. The summed E-state index contributed by atoms with van der Waals surface area (Å²) in [7, 11) is -3.46. The quantitative estimate of drug-likeness (QED) is 0.716. The number of hydrogen-bond acceptors (Lipinski definition) is 4. The maximum absolute atomic E-state index is 12.9. The van der Waals surface area contributed by atoms with Gasteiger partial charge >= 0.3 is 0 Å². The molecule has 0 N–H and O–H groups in total. The average Bonchev–Trinajstić information content (AvgIpc) is 2.97. The maximum atomic E-state index is 12.9. The van der Waals surface area contributed by atoms with E-state index < -0.39 is 22.0 Å². The molecule has 2 heterocycles. The highest BCUT2D eigenvalue weighted by molar-refractivity contribution is 7.88. The summed E-state index contributed by atoms with van der Waals surface area (Å²) >= 11 is 1.41. The maximum Gasteiger partial charge on any atom is 0.266 e. The van der Waals surface area contributed by atoms with Crippen molar-refractivity contribution < 1.29 is 13.2 Å². The van der Waals surface area contributed by atoms with Crippen LogP contribution in [0.2, 0.25) is 0 Å². The summed E-state index contributed by atoms with van der Waals surface area (Å²) in [6, 6.07) is 5.43. The lowest BCUT2D eigenvalue weighted by Gasteiger charge is -2.31. The molecule has 1 unspecified atom stereocenters. The van der Waals surface area contributed by atoms with Crippen molar-refractivity contribution in [3.05, 3.63) is 28.6 Å². The smallest absolute Gasteiger partial charge is 0.266 e. The molecule has 0 saturated carbocycles. The number of nitrogens with zero attached hydrogens (tertiary/aromatic N) is 3. The molecule has 1 saturated heterocycles. The number of hydrogen-bond donors (Lipinski definition) is 0. The first kappa shape index (κ1) is 20.8. The molecule has 0 radical (unpaired) electrons. The number of carbonyl (C=O) groups is 1. The normalized spacial score (nSPS) is 19.2. The van der Waals surface area contributed by atoms with Crippen LogP contribution in [0, 0.1) is 12.3 Å². The molecule has 1 atom stereocenters. The van der Waals surface area contributed by atoms with Crippen LogP contribution in [0.4, 0.5) is 0 Å². The zero-order valence-corrected chi connectivity index (χ0v) is 18.0. The zero-order chi connectivity index (χ0) is 20.5. The number of piperidine rings is 1. The van der Waals surface area contributed by atoms with Crippen molar-refractivity contribution in [2.45, 2.75) is 51.6 Å². The third kappa shape index (κ3) is 4.22. The summed E-state index contributed by atoms with van der Waals surface area (Å²) in [5.74, 6) is 2.58. The Bertz CT molecular complexity index is 1100. The van der Waals surface area contributed by atoms with Crippen molar-refractivity contribution >= 4 is 37.5 Å². The van der Waals surface area contributed by atoms with Gasteiger partial charge in [0.05, 0.1) is 23.0 Å². The van der Waals surface area contributed by atoms with Gasteiger partial charge in [0.2, 0.25) is 10.0 Å². The minimum atomic E-state index is -3.46. The van der Waals surface area contributed by atoms with E-state index in [1.54, 1.807) is 0 Å². The number of thiazole rings is 1. The van der Waals surface area contributed by atoms with E-state index in [2.05, 4.69) is 36.9 Å². The SMILES string of the molecule is C#CCn1c(=NC(=O)C2CCCCN2S(C)(=O)=O)sc2cc(C(C)C)ccc21. The summed E-state index contributed by atoms with van der Waals surface area (Å²) in [6.07, 6.45) is 8.74. The van der Waals surface area contributed by atoms with E-state index in [9.17, 15) is 13.2 Å². The van der Waals surface area contributed by atoms with Crippen molar-refractivity contribution in [3.63, 3.8) is 0 Å². The molecule has 0 spiro atoms. The molecule has 28 heavy (non-hydrogen) atoms. The van der Waals surface area contributed by atoms with Gasteiger partial charge in [-0.3, -0.25) is 4.79 Å². The average molecular weight is 420 g/mol. The van der Waals surface area contributed by atoms with Gasteiger partial charge in [-0.1, -0.05) is 43.6 Å². The van der Waals surface area contributed by atoms with Crippen molar-refractivity contribution in [1.82, 2.24) is 8.87 Å². The van der Waals surface area contributed by atoms with Gasteiger partial charge in [0.1, 0.15) is 6.04 Å². The lowest BCUT2D eigenvalue weighted by atomic mass is 10.0. The van der Waals surface area contributed by atoms with Crippen molar-refractivity contribution in [3.8, 4) is 12.3 Å². The Kier molecular flexibility index (Phi) is 6.08. The third-order valence-corrected chi connectivity index (χ3v) is 7.32. The second kappa shape index (κ2) is 8.19. The van der Waals surface area contributed by atoms with Crippen LogP contribution in [-0.2, 0) is 21.4 Å². The van der Waals surface area contributed by atoms with E-state index in [0.29, 0.717) is 30.2 Å². The van der Waals surface area contributed by atoms with Gasteiger partial charge in [-0.2, -0.15) is 9.30 Å². The lowest BCUT2D eigenvalue weighted by Crippen LogP contribution is -2.47. The Hall–Kier alpha value is -1.95. The molecule has 3 rings (SSSR count). The Morgan fingerprint density at radius 1 is 1.39 bits per heavy atom. The van der Waals surface area contributed by atoms with Gasteiger partial charge in [0.15, 0.2) is 4.80 Å². The molecule has 8 heteroatoms. The molecule has 1 aromatic heterocycles. The van der Waals surface area contributed by atoms with Gasteiger partial charge in [-0.15, -0.1) is 6.42 Å². The number of sulfonamides is 1. The highest BCUT2D eigenvalue weighted by atomic mass is 32.2. The van der Waals surface area contributed by atoms with Crippen LogP contribution in [0.1, 0.15) is 44.6 Å². The Morgan fingerprint density at radius 3 is 2.79 bits per heavy atom. The van der Waals surface area contributed by atoms with Crippen LogP contribution in [0.5, 0.6) is 0 Å². The van der Waals surface area contributed by atoms with Crippen LogP contribution < -0.4 is 4.80 Å². The largest absolute Gasteiger partial charge is 0.305 e. The topological polar surface area (TPSA) is 71.7 Å². The van der Waals surface area contributed by atoms with Crippen LogP contribution in [0.3, 0.4) is 0 Å². The number of carbonyl (C=O) groups excluding carboxylic acids is 1. The van der Waals surface area contributed by atoms with Gasteiger partial charge in [-0.25, -0.2) is 8.42 Å². The second-order valence-electron chi connectivity index (χ2n) is 7.39. The number of benzene rings is 1. The first-order valence-electron chi connectivity index (χ1n) is 9.34. The fourth-order valence-electron chi connectivity index (χ4n) is 3.50. The zero-order valence-electron chi connectivity index (χ0n) is 16.4. The van der Waals surface area contributed by atoms with E-state index >= 15 is 0 Å². The highest BCUT2D eigenvalue weighted by Crippen LogP contribution is 2.24. The first-order valence-corrected chi connectivity index (χ1v) is 12.0. The minimum absolute atomic E-state index is 0.299. The second-order valence-corrected chi connectivity index (χ2v) is 10.3. The van der Waals surface area contributed by atoms with Crippen molar-refractivity contribution in [1.29, 1.82) is 0 Å². The number of amides is 1. The lowest BCUT2D eigenvalue weighted by molar-refractivity contribution is -0.122. The molecule has 1 aromatic carbocycles. The number of rotatable bonds is 4. The third-order valence-electron chi connectivity index (χ3n) is 4.99. The molecular formula is C20H25N3O3S2. The molecule has 1 aliphatic heterocycles. The van der Waals surface area contributed by atoms with Crippen LogP contribution >= 0.6 is 11.3 Å². The minimum Gasteiger partial charge on any atom is -0.305 e. The molecule has 0 aliphatic carbocycles. The van der Waals surface area contributed by atoms with Crippen LogP contribution in [-0.4, -0.2) is 42.0 Å². The Balaban J connectivity index is 2.08. The van der Waals surface area contributed by atoms with Gasteiger partial charge < -0.3 is 4.57 Å². The van der Waals surface area contributed by atoms with E-state index in [0.717, 1.165) is 29.3 Å².